The zero-order chi connectivity index (χ0) is 15.5. The zero-order valence-corrected chi connectivity index (χ0v) is 12.5. The van der Waals surface area contributed by atoms with Gasteiger partial charge in [0.25, 0.3) is 5.91 Å². The lowest BCUT2D eigenvalue weighted by Gasteiger charge is -2.34. The molecule has 22 heavy (non-hydrogen) atoms. The largest absolute Gasteiger partial charge is 0.472 e. The number of carbonyl (C=O) groups excluding carboxylic acids is 2. The Balaban J connectivity index is 1.63. The van der Waals surface area contributed by atoms with Gasteiger partial charge in [-0.2, -0.15) is 0 Å². The third-order valence-electron chi connectivity index (χ3n) is 3.83. The lowest BCUT2D eigenvalue weighted by Crippen LogP contribution is -2.51. The summed E-state index contributed by atoms with van der Waals surface area (Å²) in [6.45, 7) is 3.84. The van der Waals surface area contributed by atoms with Crippen molar-refractivity contribution in [2.75, 3.05) is 19.6 Å². The van der Waals surface area contributed by atoms with Crippen LogP contribution < -0.4 is 0 Å². The molecule has 0 spiro atoms. The maximum Gasteiger partial charge on any atom is 0.257 e. The molecule has 5 nitrogen and oxygen atoms in total. The average molecular weight is 298 g/mol. The summed E-state index contributed by atoms with van der Waals surface area (Å²) in [5, 5.41) is 0. The topological polar surface area (TPSA) is 53.8 Å². The van der Waals surface area contributed by atoms with Gasteiger partial charge < -0.3 is 14.2 Å². The van der Waals surface area contributed by atoms with Crippen molar-refractivity contribution in [2.24, 2.45) is 0 Å². The van der Waals surface area contributed by atoms with E-state index >= 15 is 0 Å². The first kappa shape index (κ1) is 14.4. The molecule has 1 aromatic carbocycles. The summed E-state index contributed by atoms with van der Waals surface area (Å²) in [5.41, 5.74) is 2.78. The van der Waals surface area contributed by atoms with Crippen molar-refractivity contribution < 1.29 is 14.0 Å². The Morgan fingerprint density at radius 2 is 2.14 bits per heavy atom. The molecule has 5 heteroatoms. The standard InChI is InChI=1S/C17H18N2O3/c1-13-3-2-4-14(9-13)10-18-6-7-19(11-16(18)20)17(21)15-5-8-22-12-15/h2-5,8-9,12H,6-7,10-11H2,1H3. The molecular formula is C17H18N2O3. The van der Waals surface area contributed by atoms with Gasteiger partial charge in [-0.15, -0.1) is 0 Å². The SMILES string of the molecule is Cc1cccc(CN2CCN(C(=O)c3ccoc3)CC2=O)c1. The summed E-state index contributed by atoms with van der Waals surface area (Å²) < 4.78 is 4.92. The molecule has 0 bridgehead atoms. The van der Waals surface area contributed by atoms with Gasteiger partial charge in [0, 0.05) is 19.6 Å². The molecule has 3 rings (SSSR count). The van der Waals surface area contributed by atoms with E-state index in [1.54, 1.807) is 15.9 Å². The second-order valence-corrected chi connectivity index (χ2v) is 5.54. The number of nitrogens with zero attached hydrogens (tertiary/aromatic N) is 2. The maximum absolute atomic E-state index is 12.3. The molecule has 1 aromatic heterocycles. The normalized spacial score (nSPS) is 15.2. The Kier molecular flexibility index (Phi) is 3.96. The Labute approximate surface area is 129 Å². The van der Waals surface area contributed by atoms with Gasteiger partial charge in [0.15, 0.2) is 0 Å². The Bertz CT molecular complexity index is 679. The first-order chi connectivity index (χ1) is 10.6. The van der Waals surface area contributed by atoms with Gasteiger partial charge in [-0.1, -0.05) is 29.8 Å². The van der Waals surface area contributed by atoms with Crippen molar-refractivity contribution in [1.82, 2.24) is 9.80 Å². The fourth-order valence-electron chi connectivity index (χ4n) is 2.65. The number of amides is 2. The van der Waals surface area contributed by atoms with E-state index < -0.39 is 0 Å². The molecular weight excluding hydrogens is 280 g/mol. The number of benzene rings is 1. The highest BCUT2D eigenvalue weighted by molar-refractivity contribution is 5.96. The first-order valence-electron chi connectivity index (χ1n) is 7.28. The van der Waals surface area contributed by atoms with E-state index in [0.29, 0.717) is 25.2 Å². The summed E-state index contributed by atoms with van der Waals surface area (Å²) in [4.78, 5) is 27.9. The van der Waals surface area contributed by atoms with Crippen LogP contribution in [0.15, 0.2) is 47.3 Å². The minimum absolute atomic E-state index is 0.0235. The summed E-state index contributed by atoms with van der Waals surface area (Å²) in [7, 11) is 0. The number of rotatable bonds is 3. The molecule has 1 fully saturated rings. The van der Waals surface area contributed by atoms with E-state index in [9.17, 15) is 9.59 Å². The highest BCUT2D eigenvalue weighted by Gasteiger charge is 2.28. The van der Waals surface area contributed by atoms with Crippen LogP contribution in [0.5, 0.6) is 0 Å². The summed E-state index contributed by atoms with van der Waals surface area (Å²) in [6.07, 6.45) is 2.87. The van der Waals surface area contributed by atoms with Crippen molar-refractivity contribution in [3.05, 3.63) is 59.5 Å². The van der Waals surface area contributed by atoms with Crippen molar-refractivity contribution in [3.8, 4) is 0 Å². The predicted octanol–water partition coefficient (Wildman–Crippen LogP) is 2.07. The second kappa shape index (κ2) is 6.05. The van der Waals surface area contributed by atoms with Crippen molar-refractivity contribution >= 4 is 11.8 Å². The molecule has 2 aromatic rings. The van der Waals surface area contributed by atoms with Gasteiger partial charge in [0.2, 0.25) is 5.91 Å². The van der Waals surface area contributed by atoms with Gasteiger partial charge >= 0.3 is 0 Å². The molecule has 2 amide bonds. The maximum atomic E-state index is 12.3. The monoisotopic (exact) mass is 298 g/mol. The van der Waals surface area contributed by atoms with Gasteiger partial charge in [-0.05, 0) is 18.6 Å². The highest BCUT2D eigenvalue weighted by Crippen LogP contribution is 2.13. The number of hydrogen-bond acceptors (Lipinski definition) is 3. The molecule has 1 saturated heterocycles. The molecule has 0 unspecified atom stereocenters. The number of piperazine rings is 1. The van der Waals surface area contributed by atoms with E-state index in [1.165, 1.54) is 18.1 Å². The summed E-state index contributed by atoms with van der Waals surface area (Å²) in [6, 6.07) is 9.74. The van der Waals surface area contributed by atoms with E-state index in [1.807, 2.05) is 25.1 Å². The molecule has 0 saturated carbocycles. The molecule has 0 N–H and O–H groups in total. The molecule has 2 heterocycles. The molecule has 114 valence electrons. The molecule has 0 radical (unpaired) electrons. The number of aryl methyl sites for hydroxylation is 1. The van der Waals surface area contributed by atoms with Crippen LogP contribution in [0.1, 0.15) is 21.5 Å². The summed E-state index contributed by atoms with van der Waals surface area (Å²) in [5.74, 6) is -0.179. The minimum Gasteiger partial charge on any atom is -0.472 e. The van der Waals surface area contributed by atoms with Crippen LogP contribution in [0.25, 0.3) is 0 Å². The molecule has 0 atom stereocenters. The van der Waals surface area contributed by atoms with Gasteiger partial charge in [-0.25, -0.2) is 0 Å². The summed E-state index contributed by atoms with van der Waals surface area (Å²) >= 11 is 0. The van der Waals surface area contributed by atoms with E-state index in [-0.39, 0.29) is 18.4 Å². The molecule has 0 aliphatic carbocycles. The Morgan fingerprint density at radius 1 is 1.27 bits per heavy atom. The van der Waals surface area contributed by atoms with Crippen molar-refractivity contribution in [1.29, 1.82) is 0 Å². The van der Waals surface area contributed by atoms with Crippen LogP contribution in [0, 0.1) is 6.92 Å². The Morgan fingerprint density at radius 3 is 2.82 bits per heavy atom. The quantitative estimate of drug-likeness (QED) is 0.871. The van der Waals surface area contributed by atoms with Crippen LogP contribution in [-0.2, 0) is 11.3 Å². The smallest absolute Gasteiger partial charge is 0.257 e. The molecule has 1 aliphatic heterocycles. The van der Waals surface area contributed by atoms with Gasteiger partial charge in [0.05, 0.1) is 11.8 Å². The van der Waals surface area contributed by atoms with Crippen LogP contribution >= 0.6 is 0 Å². The fourth-order valence-corrected chi connectivity index (χ4v) is 2.65. The van der Waals surface area contributed by atoms with Crippen molar-refractivity contribution in [2.45, 2.75) is 13.5 Å². The van der Waals surface area contributed by atoms with Crippen LogP contribution in [0.2, 0.25) is 0 Å². The van der Waals surface area contributed by atoms with Crippen LogP contribution in [-0.4, -0.2) is 41.2 Å². The third kappa shape index (κ3) is 3.03. The number of carbonyl (C=O) groups is 2. The van der Waals surface area contributed by atoms with Gasteiger partial charge in [-0.3, -0.25) is 9.59 Å². The Hall–Kier alpha value is -2.56. The first-order valence-corrected chi connectivity index (χ1v) is 7.28. The fraction of sp³-hybridized carbons (Fsp3) is 0.294. The van der Waals surface area contributed by atoms with E-state index in [2.05, 4.69) is 6.07 Å². The number of hydrogen-bond donors (Lipinski definition) is 0. The highest BCUT2D eigenvalue weighted by atomic mass is 16.3. The number of furan rings is 1. The van der Waals surface area contributed by atoms with Gasteiger partial charge in [0.1, 0.15) is 12.8 Å². The lowest BCUT2D eigenvalue weighted by atomic mass is 10.1. The van der Waals surface area contributed by atoms with E-state index in [4.69, 9.17) is 4.42 Å². The average Bonchev–Trinajstić information content (AvgIpc) is 3.03. The third-order valence-corrected chi connectivity index (χ3v) is 3.83. The molecule has 1 aliphatic rings. The van der Waals surface area contributed by atoms with E-state index in [0.717, 1.165) is 5.56 Å². The predicted molar refractivity (Wildman–Crippen MR) is 81.2 cm³/mol. The lowest BCUT2D eigenvalue weighted by molar-refractivity contribution is -0.135. The van der Waals surface area contributed by atoms with Crippen LogP contribution in [0.4, 0.5) is 0 Å². The second-order valence-electron chi connectivity index (χ2n) is 5.54. The minimum atomic E-state index is -0.155. The van der Waals surface area contributed by atoms with Crippen LogP contribution in [0.3, 0.4) is 0 Å². The zero-order valence-electron chi connectivity index (χ0n) is 12.5. The van der Waals surface area contributed by atoms with Crippen molar-refractivity contribution in [3.63, 3.8) is 0 Å².